The summed E-state index contributed by atoms with van der Waals surface area (Å²) in [6.07, 6.45) is 3.48. The van der Waals surface area contributed by atoms with E-state index in [1.807, 2.05) is 6.20 Å². The molecule has 2 rings (SSSR count). The molecule has 2 aromatic rings. The highest BCUT2D eigenvalue weighted by molar-refractivity contribution is 6.39. The molecule has 134 valence electrons. The SMILES string of the molecule is CCN(CC(=O)Nc1c(Cl)cccc1Cl)C(=O)NCc1cnn(C)c1. The highest BCUT2D eigenvalue weighted by Gasteiger charge is 2.17. The van der Waals surface area contributed by atoms with Crippen molar-refractivity contribution < 1.29 is 9.59 Å². The van der Waals surface area contributed by atoms with Crippen LogP contribution in [-0.2, 0) is 18.4 Å². The number of aromatic nitrogens is 2. The number of nitrogens with zero attached hydrogens (tertiary/aromatic N) is 3. The van der Waals surface area contributed by atoms with Gasteiger partial charge in [0.2, 0.25) is 5.91 Å². The molecule has 25 heavy (non-hydrogen) atoms. The van der Waals surface area contributed by atoms with E-state index in [4.69, 9.17) is 23.2 Å². The van der Waals surface area contributed by atoms with Crippen molar-refractivity contribution in [2.45, 2.75) is 13.5 Å². The monoisotopic (exact) mass is 383 g/mol. The van der Waals surface area contributed by atoms with E-state index in [-0.39, 0.29) is 18.5 Å². The van der Waals surface area contributed by atoms with Crippen molar-refractivity contribution in [2.75, 3.05) is 18.4 Å². The highest BCUT2D eigenvalue weighted by Crippen LogP contribution is 2.29. The molecule has 0 saturated heterocycles. The molecule has 2 N–H and O–H groups in total. The average molecular weight is 384 g/mol. The first kappa shape index (κ1) is 19.1. The predicted octanol–water partition coefficient (Wildman–Crippen LogP) is 2.90. The van der Waals surface area contributed by atoms with Gasteiger partial charge in [0.05, 0.1) is 21.9 Å². The van der Waals surface area contributed by atoms with Gasteiger partial charge in [-0.3, -0.25) is 9.48 Å². The Bertz CT molecular complexity index is 742. The Morgan fingerprint density at radius 2 is 1.96 bits per heavy atom. The lowest BCUT2D eigenvalue weighted by Gasteiger charge is -2.21. The molecular weight excluding hydrogens is 365 g/mol. The maximum atomic E-state index is 12.2. The van der Waals surface area contributed by atoms with Crippen molar-refractivity contribution in [3.05, 3.63) is 46.2 Å². The molecule has 0 aliphatic rings. The second kappa shape index (κ2) is 8.73. The summed E-state index contributed by atoms with van der Waals surface area (Å²) in [6, 6.07) is 4.60. The van der Waals surface area contributed by atoms with Gasteiger partial charge >= 0.3 is 6.03 Å². The van der Waals surface area contributed by atoms with E-state index in [0.717, 1.165) is 5.56 Å². The van der Waals surface area contributed by atoms with Crippen LogP contribution in [0.25, 0.3) is 0 Å². The third kappa shape index (κ3) is 5.37. The molecule has 3 amide bonds. The summed E-state index contributed by atoms with van der Waals surface area (Å²) in [5.74, 6) is -0.381. The summed E-state index contributed by atoms with van der Waals surface area (Å²) in [5, 5.41) is 10.1. The third-order valence-electron chi connectivity index (χ3n) is 3.43. The summed E-state index contributed by atoms with van der Waals surface area (Å²) in [6.45, 7) is 2.39. The smallest absolute Gasteiger partial charge is 0.318 e. The van der Waals surface area contributed by atoms with Crippen LogP contribution in [0, 0.1) is 0 Å². The minimum Gasteiger partial charge on any atom is -0.334 e. The molecule has 0 bridgehead atoms. The predicted molar refractivity (Wildman–Crippen MR) is 97.8 cm³/mol. The van der Waals surface area contributed by atoms with Crippen LogP contribution in [0.5, 0.6) is 0 Å². The number of halogens is 2. The van der Waals surface area contributed by atoms with Gasteiger partial charge < -0.3 is 15.5 Å². The second-order valence-corrected chi connectivity index (χ2v) is 6.15. The van der Waals surface area contributed by atoms with E-state index >= 15 is 0 Å². The topological polar surface area (TPSA) is 79.3 Å². The molecule has 1 heterocycles. The summed E-state index contributed by atoms with van der Waals surface area (Å²) in [5.41, 5.74) is 1.21. The van der Waals surface area contributed by atoms with Crippen LogP contribution < -0.4 is 10.6 Å². The van der Waals surface area contributed by atoms with Gasteiger partial charge in [-0.2, -0.15) is 5.10 Å². The van der Waals surface area contributed by atoms with E-state index in [1.165, 1.54) is 4.90 Å². The molecule has 0 fully saturated rings. The lowest BCUT2D eigenvalue weighted by molar-refractivity contribution is -0.116. The van der Waals surface area contributed by atoms with Gasteiger partial charge in [-0.15, -0.1) is 0 Å². The van der Waals surface area contributed by atoms with Gasteiger partial charge in [-0.05, 0) is 19.1 Å². The van der Waals surface area contributed by atoms with E-state index in [2.05, 4.69) is 15.7 Å². The lowest BCUT2D eigenvalue weighted by atomic mass is 10.3. The first-order chi connectivity index (χ1) is 11.9. The fraction of sp³-hybridized carbons (Fsp3) is 0.312. The minimum atomic E-state index is -0.381. The molecule has 0 aliphatic heterocycles. The molecule has 1 aromatic carbocycles. The van der Waals surface area contributed by atoms with Gasteiger partial charge in [-0.1, -0.05) is 29.3 Å². The Kier molecular flexibility index (Phi) is 6.66. The number of nitrogens with one attached hydrogen (secondary N) is 2. The highest BCUT2D eigenvalue weighted by atomic mass is 35.5. The van der Waals surface area contributed by atoms with Crippen LogP contribution in [0.2, 0.25) is 10.0 Å². The number of urea groups is 1. The van der Waals surface area contributed by atoms with E-state index in [0.29, 0.717) is 28.8 Å². The van der Waals surface area contributed by atoms with Crippen molar-refractivity contribution in [1.29, 1.82) is 0 Å². The Hall–Kier alpha value is -2.25. The van der Waals surface area contributed by atoms with Crippen molar-refractivity contribution in [3.63, 3.8) is 0 Å². The van der Waals surface area contributed by atoms with Crippen LogP contribution in [0.15, 0.2) is 30.6 Å². The number of carbonyl (C=O) groups excluding carboxylic acids is 2. The van der Waals surface area contributed by atoms with Crippen LogP contribution in [0.1, 0.15) is 12.5 Å². The summed E-state index contributed by atoms with van der Waals surface area (Å²) in [7, 11) is 1.80. The number of para-hydroxylation sites is 1. The lowest BCUT2D eigenvalue weighted by Crippen LogP contribution is -2.43. The Morgan fingerprint density at radius 3 is 2.52 bits per heavy atom. The number of likely N-dealkylation sites (N-methyl/N-ethyl adjacent to an activating group) is 1. The molecule has 0 unspecified atom stereocenters. The van der Waals surface area contributed by atoms with E-state index < -0.39 is 0 Å². The number of rotatable bonds is 6. The molecule has 0 radical (unpaired) electrons. The average Bonchev–Trinajstić information content (AvgIpc) is 2.99. The van der Waals surface area contributed by atoms with Crippen LogP contribution in [-0.4, -0.2) is 39.7 Å². The fourth-order valence-corrected chi connectivity index (χ4v) is 2.64. The number of hydrogen-bond donors (Lipinski definition) is 2. The van der Waals surface area contributed by atoms with Gasteiger partial charge in [0.25, 0.3) is 0 Å². The first-order valence-electron chi connectivity index (χ1n) is 7.65. The fourth-order valence-electron chi connectivity index (χ4n) is 2.15. The Balaban J connectivity index is 1.91. The van der Waals surface area contributed by atoms with Crippen molar-refractivity contribution in [3.8, 4) is 0 Å². The third-order valence-corrected chi connectivity index (χ3v) is 4.06. The molecule has 7 nitrogen and oxygen atoms in total. The summed E-state index contributed by atoms with van der Waals surface area (Å²) < 4.78 is 1.65. The molecule has 0 aliphatic carbocycles. The van der Waals surface area contributed by atoms with Crippen LogP contribution in [0.3, 0.4) is 0 Å². The quantitative estimate of drug-likeness (QED) is 0.804. The molecule has 0 atom stereocenters. The number of aryl methyl sites for hydroxylation is 1. The van der Waals surface area contributed by atoms with Crippen molar-refractivity contribution in [2.24, 2.45) is 7.05 Å². The van der Waals surface area contributed by atoms with Gasteiger partial charge in [0, 0.05) is 31.9 Å². The zero-order valence-electron chi connectivity index (χ0n) is 13.9. The minimum absolute atomic E-state index is 0.114. The largest absolute Gasteiger partial charge is 0.334 e. The maximum Gasteiger partial charge on any atom is 0.318 e. The van der Waals surface area contributed by atoms with Crippen molar-refractivity contribution >= 4 is 40.8 Å². The Labute approximate surface area is 155 Å². The number of amides is 3. The number of hydrogen-bond acceptors (Lipinski definition) is 3. The summed E-state index contributed by atoms with van der Waals surface area (Å²) >= 11 is 12.1. The maximum absolute atomic E-state index is 12.2. The van der Waals surface area contributed by atoms with Crippen LogP contribution in [0.4, 0.5) is 10.5 Å². The summed E-state index contributed by atoms with van der Waals surface area (Å²) in [4.78, 5) is 25.8. The molecule has 9 heteroatoms. The molecular formula is C16H19Cl2N5O2. The van der Waals surface area contributed by atoms with Crippen LogP contribution >= 0.6 is 23.2 Å². The zero-order valence-corrected chi connectivity index (χ0v) is 15.4. The van der Waals surface area contributed by atoms with E-state index in [1.54, 1.807) is 43.0 Å². The normalized spacial score (nSPS) is 10.4. The number of benzene rings is 1. The Morgan fingerprint density at radius 1 is 1.28 bits per heavy atom. The zero-order chi connectivity index (χ0) is 18.4. The molecule has 0 saturated carbocycles. The second-order valence-electron chi connectivity index (χ2n) is 5.34. The molecule has 1 aromatic heterocycles. The van der Waals surface area contributed by atoms with Crippen molar-refractivity contribution in [1.82, 2.24) is 20.0 Å². The molecule has 0 spiro atoms. The number of anilines is 1. The number of carbonyl (C=O) groups is 2. The van der Waals surface area contributed by atoms with Gasteiger partial charge in [-0.25, -0.2) is 4.79 Å². The standard InChI is InChI=1S/C16H19Cl2N5O2/c1-3-23(16(25)19-7-11-8-20-22(2)9-11)10-14(24)21-15-12(17)5-4-6-13(15)18/h4-6,8-9H,3,7,10H2,1-2H3,(H,19,25)(H,21,24). The first-order valence-corrected chi connectivity index (χ1v) is 8.40. The van der Waals surface area contributed by atoms with E-state index in [9.17, 15) is 9.59 Å². The van der Waals surface area contributed by atoms with Gasteiger partial charge in [0.15, 0.2) is 0 Å². The van der Waals surface area contributed by atoms with Gasteiger partial charge in [0.1, 0.15) is 6.54 Å².